The van der Waals surface area contributed by atoms with Crippen LogP contribution in [0, 0.1) is 0 Å². The Kier molecular flexibility index (Phi) is 6.29. The topological polar surface area (TPSA) is 39.7 Å². The van der Waals surface area contributed by atoms with Gasteiger partial charge in [-0.3, -0.25) is 0 Å². The van der Waals surface area contributed by atoms with Gasteiger partial charge >= 0.3 is 0 Å². The summed E-state index contributed by atoms with van der Waals surface area (Å²) in [5.74, 6) is 2.42. The van der Waals surface area contributed by atoms with E-state index < -0.39 is 0 Å². The summed E-state index contributed by atoms with van der Waals surface area (Å²) in [5.41, 5.74) is 2.35. The first-order valence-electron chi connectivity index (χ1n) is 7.85. The van der Waals surface area contributed by atoms with Crippen molar-refractivity contribution in [1.29, 1.82) is 0 Å². The highest BCUT2D eigenvalue weighted by molar-refractivity contribution is 5.43. The molecule has 0 heterocycles. The highest BCUT2D eigenvalue weighted by Gasteiger charge is 2.08. The number of hydrogen-bond donors (Lipinski definition) is 1. The molecule has 0 radical (unpaired) electrons. The fourth-order valence-electron chi connectivity index (χ4n) is 2.40. The maximum atomic E-state index is 5.62. The molecule has 0 spiro atoms. The Morgan fingerprint density at radius 2 is 1.83 bits per heavy atom. The molecular formula is C19H25NO3. The predicted octanol–water partition coefficient (Wildman–Crippen LogP) is 3.95. The summed E-state index contributed by atoms with van der Waals surface area (Å²) in [6.45, 7) is 5.48. The quantitative estimate of drug-likeness (QED) is 0.800. The zero-order chi connectivity index (χ0) is 16.7. The molecule has 0 aliphatic rings. The van der Waals surface area contributed by atoms with Gasteiger partial charge < -0.3 is 19.5 Å². The predicted molar refractivity (Wildman–Crippen MR) is 92.4 cm³/mol. The van der Waals surface area contributed by atoms with Gasteiger partial charge in [-0.15, -0.1) is 0 Å². The van der Waals surface area contributed by atoms with Crippen LogP contribution in [0.3, 0.4) is 0 Å². The van der Waals surface area contributed by atoms with Crippen LogP contribution in [0.15, 0.2) is 42.5 Å². The maximum Gasteiger partial charge on any atom is 0.161 e. The summed E-state index contributed by atoms with van der Waals surface area (Å²) < 4.78 is 16.2. The van der Waals surface area contributed by atoms with Crippen molar-refractivity contribution in [2.45, 2.75) is 26.4 Å². The Morgan fingerprint density at radius 3 is 2.52 bits per heavy atom. The number of rotatable bonds is 8. The third-order valence-electron chi connectivity index (χ3n) is 3.73. The first kappa shape index (κ1) is 17.2. The van der Waals surface area contributed by atoms with Gasteiger partial charge in [0.1, 0.15) is 5.75 Å². The molecule has 1 atom stereocenters. The smallest absolute Gasteiger partial charge is 0.161 e. The second-order valence-electron chi connectivity index (χ2n) is 5.30. The molecule has 2 rings (SSSR count). The molecule has 2 aromatic carbocycles. The minimum absolute atomic E-state index is 0.225. The average Bonchev–Trinajstić information content (AvgIpc) is 2.60. The van der Waals surface area contributed by atoms with E-state index in [1.165, 1.54) is 5.56 Å². The standard InChI is InChI=1S/C19H25NO3/c1-5-23-19-11-15(9-10-18(19)22-4)13-20-14(2)16-7-6-8-17(12-16)21-3/h6-12,14,20H,5,13H2,1-4H3/t14-/m0/s1. The summed E-state index contributed by atoms with van der Waals surface area (Å²) in [6, 6.07) is 14.3. The van der Waals surface area contributed by atoms with E-state index in [4.69, 9.17) is 14.2 Å². The minimum atomic E-state index is 0.225. The van der Waals surface area contributed by atoms with Crippen molar-refractivity contribution >= 4 is 0 Å². The van der Waals surface area contributed by atoms with Crippen molar-refractivity contribution in [2.24, 2.45) is 0 Å². The molecule has 0 fully saturated rings. The van der Waals surface area contributed by atoms with E-state index in [0.29, 0.717) is 6.61 Å². The number of methoxy groups -OCH3 is 2. The molecule has 0 saturated heterocycles. The monoisotopic (exact) mass is 315 g/mol. The molecular weight excluding hydrogens is 290 g/mol. The molecule has 0 saturated carbocycles. The average molecular weight is 315 g/mol. The van der Waals surface area contributed by atoms with Crippen molar-refractivity contribution in [1.82, 2.24) is 5.32 Å². The van der Waals surface area contributed by atoms with Crippen molar-refractivity contribution in [3.63, 3.8) is 0 Å². The summed E-state index contributed by atoms with van der Waals surface area (Å²) >= 11 is 0. The molecule has 0 aliphatic carbocycles. The number of nitrogens with one attached hydrogen (secondary N) is 1. The van der Waals surface area contributed by atoms with Crippen LogP contribution in [0.1, 0.15) is 31.0 Å². The van der Waals surface area contributed by atoms with Gasteiger partial charge in [0, 0.05) is 12.6 Å². The van der Waals surface area contributed by atoms with E-state index in [0.717, 1.165) is 29.4 Å². The Labute approximate surface area is 138 Å². The Morgan fingerprint density at radius 1 is 1.00 bits per heavy atom. The van der Waals surface area contributed by atoms with Gasteiger partial charge in [0.25, 0.3) is 0 Å². The van der Waals surface area contributed by atoms with E-state index in [-0.39, 0.29) is 6.04 Å². The molecule has 0 aliphatic heterocycles. The first-order chi connectivity index (χ1) is 11.2. The molecule has 0 aromatic heterocycles. The van der Waals surface area contributed by atoms with Gasteiger partial charge in [-0.1, -0.05) is 18.2 Å². The molecule has 0 amide bonds. The highest BCUT2D eigenvalue weighted by atomic mass is 16.5. The van der Waals surface area contributed by atoms with Crippen molar-refractivity contribution in [3.8, 4) is 17.2 Å². The van der Waals surface area contributed by atoms with Crippen molar-refractivity contribution < 1.29 is 14.2 Å². The van der Waals surface area contributed by atoms with Gasteiger partial charge in [0.2, 0.25) is 0 Å². The van der Waals surface area contributed by atoms with E-state index >= 15 is 0 Å². The van der Waals surface area contributed by atoms with Crippen LogP contribution < -0.4 is 19.5 Å². The fourth-order valence-corrected chi connectivity index (χ4v) is 2.40. The van der Waals surface area contributed by atoms with Crippen LogP contribution >= 0.6 is 0 Å². The maximum absolute atomic E-state index is 5.62. The Bertz CT molecular complexity index is 628. The van der Waals surface area contributed by atoms with Gasteiger partial charge in [-0.25, -0.2) is 0 Å². The Hall–Kier alpha value is -2.20. The molecule has 23 heavy (non-hydrogen) atoms. The fraction of sp³-hybridized carbons (Fsp3) is 0.368. The van der Waals surface area contributed by atoms with Crippen molar-refractivity contribution in [3.05, 3.63) is 53.6 Å². The lowest BCUT2D eigenvalue weighted by Gasteiger charge is -2.16. The van der Waals surface area contributed by atoms with Gasteiger partial charge in [0.15, 0.2) is 11.5 Å². The largest absolute Gasteiger partial charge is 0.497 e. The lowest BCUT2D eigenvalue weighted by Crippen LogP contribution is -2.18. The first-order valence-corrected chi connectivity index (χ1v) is 7.85. The van der Waals surface area contributed by atoms with Gasteiger partial charge in [-0.05, 0) is 49.2 Å². The lowest BCUT2D eigenvalue weighted by molar-refractivity contribution is 0.310. The number of benzene rings is 2. The van der Waals surface area contributed by atoms with Gasteiger partial charge in [0.05, 0.1) is 20.8 Å². The van der Waals surface area contributed by atoms with Crippen LogP contribution in [-0.4, -0.2) is 20.8 Å². The minimum Gasteiger partial charge on any atom is -0.497 e. The zero-order valence-electron chi connectivity index (χ0n) is 14.3. The normalized spacial score (nSPS) is 11.8. The molecule has 2 aromatic rings. The van der Waals surface area contributed by atoms with E-state index in [1.54, 1.807) is 14.2 Å². The Balaban J connectivity index is 2.03. The van der Waals surface area contributed by atoms with E-state index in [9.17, 15) is 0 Å². The SMILES string of the molecule is CCOc1cc(CN[C@@H](C)c2cccc(OC)c2)ccc1OC. The molecule has 4 heteroatoms. The zero-order valence-corrected chi connectivity index (χ0v) is 14.3. The summed E-state index contributed by atoms with van der Waals surface area (Å²) in [4.78, 5) is 0. The molecule has 0 unspecified atom stereocenters. The second kappa shape index (κ2) is 8.44. The summed E-state index contributed by atoms with van der Waals surface area (Å²) in [5, 5.41) is 3.52. The molecule has 0 bridgehead atoms. The molecule has 124 valence electrons. The third-order valence-corrected chi connectivity index (χ3v) is 3.73. The third kappa shape index (κ3) is 4.63. The lowest BCUT2D eigenvalue weighted by atomic mass is 10.1. The number of hydrogen-bond acceptors (Lipinski definition) is 4. The van der Waals surface area contributed by atoms with Gasteiger partial charge in [-0.2, -0.15) is 0 Å². The molecule has 1 N–H and O–H groups in total. The summed E-state index contributed by atoms with van der Waals surface area (Å²) in [6.07, 6.45) is 0. The van der Waals surface area contributed by atoms with Crippen molar-refractivity contribution in [2.75, 3.05) is 20.8 Å². The molecule has 4 nitrogen and oxygen atoms in total. The summed E-state index contributed by atoms with van der Waals surface area (Å²) in [7, 11) is 3.34. The van der Waals surface area contributed by atoms with E-state index in [1.807, 2.05) is 37.3 Å². The number of ether oxygens (including phenoxy) is 3. The highest BCUT2D eigenvalue weighted by Crippen LogP contribution is 2.28. The van der Waals surface area contributed by atoms with Crippen LogP contribution in [0.25, 0.3) is 0 Å². The van der Waals surface area contributed by atoms with Crippen LogP contribution in [0.5, 0.6) is 17.2 Å². The van der Waals surface area contributed by atoms with Crippen LogP contribution in [-0.2, 0) is 6.54 Å². The van der Waals surface area contributed by atoms with Crippen LogP contribution in [0.2, 0.25) is 0 Å². The van der Waals surface area contributed by atoms with E-state index in [2.05, 4.69) is 24.4 Å². The second-order valence-corrected chi connectivity index (χ2v) is 5.30. The van der Waals surface area contributed by atoms with Crippen LogP contribution in [0.4, 0.5) is 0 Å².